The molecule has 1 aliphatic carbocycles. The molecular weight excluding hydrogens is 647 g/mol. The Labute approximate surface area is 265 Å². The Hall–Kier alpha value is -4.97. The Kier molecular flexibility index (Phi) is 7.74. The highest BCUT2D eigenvalue weighted by molar-refractivity contribution is 7.87. The third kappa shape index (κ3) is 5.78. The SMILES string of the molecule is Cn1cc(-c2ccc3c(c2)CC[C@]32NC(=O)N(CC(=O)N(Cc3ccc(F)cc3)C3CN(S(=O)(=O)NC(=O)O)CC3(F)F)C2=O)cn1. The molecule has 1 aromatic heterocycles. The minimum absolute atomic E-state index is 0.189. The molecule has 2 atom stereocenters. The fourth-order valence-electron chi connectivity index (χ4n) is 6.35. The van der Waals surface area contributed by atoms with E-state index in [1.807, 2.05) is 12.3 Å². The van der Waals surface area contributed by atoms with E-state index in [1.165, 1.54) is 16.9 Å². The molecule has 0 saturated carbocycles. The molecule has 2 saturated heterocycles. The van der Waals surface area contributed by atoms with Crippen LogP contribution in [-0.2, 0) is 45.4 Å². The van der Waals surface area contributed by atoms with Crippen molar-refractivity contribution in [1.29, 1.82) is 0 Å². The number of carbonyl (C=O) groups is 4. The molecule has 2 aromatic carbocycles. The summed E-state index contributed by atoms with van der Waals surface area (Å²) in [4.78, 5) is 53.1. The third-order valence-electron chi connectivity index (χ3n) is 8.61. The number of nitrogens with zero attached hydrogens (tertiary/aromatic N) is 5. The van der Waals surface area contributed by atoms with E-state index in [0.717, 1.165) is 28.8 Å². The molecule has 3 heterocycles. The van der Waals surface area contributed by atoms with Crippen molar-refractivity contribution in [1.82, 2.24) is 33.9 Å². The predicted molar refractivity (Wildman–Crippen MR) is 156 cm³/mol. The quantitative estimate of drug-likeness (QED) is 0.303. The highest BCUT2D eigenvalue weighted by atomic mass is 32.2. The number of imide groups is 1. The molecule has 1 unspecified atom stereocenters. The van der Waals surface area contributed by atoms with Gasteiger partial charge < -0.3 is 15.3 Å². The highest BCUT2D eigenvalue weighted by Gasteiger charge is 2.58. The average Bonchev–Trinajstić information content (AvgIpc) is 3.74. The van der Waals surface area contributed by atoms with Crippen molar-refractivity contribution in [3.63, 3.8) is 0 Å². The number of fused-ring (bicyclic) bond motifs is 2. The Balaban J connectivity index is 1.27. The molecule has 0 radical (unpaired) electrons. The lowest BCUT2D eigenvalue weighted by molar-refractivity contribution is -0.146. The van der Waals surface area contributed by atoms with Crippen molar-refractivity contribution < 1.29 is 45.9 Å². The van der Waals surface area contributed by atoms with Crippen LogP contribution in [0.25, 0.3) is 11.1 Å². The number of hydrogen-bond acceptors (Lipinski definition) is 7. The summed E-state index contributed by atoms with van der Waals surface area (Å²) in [6.07, 6.45) is 2.13. The molecule has 1 spiro atoms. The van der Waals surface area contributed by atoms with Gasteiger partial charge in [0.1, 0.15) is 23.9 Å². The number of rotatable bonds is 8. The van der Waals surface area contributed by atoms with Crippen LogP contribution in [0.5, 0.6) is 0 Å². The van der Waals surface area contributed by atoms with Crippen LogP contribution in [0.3, 0.4) is 0 Å². The van der Waals surface area contributed by atoms with Crippen LogP contribution in [0.15, 0.2) is 54.9 Å². The number of carboxylic acid groups (broad SMARTS) is 1. The summed E-state index contributed by atoms with van der Waals surface area (Å²) in [5.41, 5.74) is 1.75. The highest BCUT2D eigenvalue weighted by Crippen LogP contribution is 2.43. The lowest BCUT2D eigenvalue weighted by Gasteiger charge is -2.33. The van der Waals surface area contributed by atoms with E-state index in [4.69, 9.17) is 5.11 Å². The maximum atomic E-state index is 15.4. The maximum Gasteiger partial charge on any atom is 0.419 e. The lowest BCUT2D eigenvalue weighted by atomic mass is 9.90. The van der Waals surface area contributed by atoms with Gasteiger partial charge in [0.15, 0.2) is 0 Å². The number of aromatic nitrogens is 2. The van der Waals surface area contributed by atoms with Gasteiger partial charge >= 0.3 is 22.3 Å². The molecule has 3 aliphatic rings. The number of nitrogens with one attached hydrogen (secondary N) is 2. The van der Waals surface area contributed by atoms with Crippen molar-refractivity contribution >= 4 is 34.1 Å². The van der Waals surface area contributed by atoms with Crippen molar-refractivity contribution in [2.45, 2.75) is 36.9 Å². The van der Waals surface area contributed by atoms with Gasteiger partial charge in [0.05, 0.1) is 12.7 Å². The lowest BCUT2D eigenvalue weighted by Crippen LogP contribution is -2.53. The van der Waals surface area contributed by atoms with E-state index in [1.54, 1.807) is 30.1 Å². The topological polar surface area (TPSA) is 174 Å². The van der Waals surface area contributed by atoms with E-state index in [2.05, 4.69) is 10.4 Å². The number of alkyl halides is 2. The average molecular weight is 676 g/mol. The Morgan fingerprint density at radius 2 is 1.87 bits per heavy atom. The molecule has 14 nitrogen and oxygen atoms in total. The van der Waals surface area contributed by atoms with E-state index in [-0.39, 0.29) is 16.3 Å². The van der Waals surface area contributed by atoms with Gasteiger partial charge in [0, 0.05) is 31.9 Å². The van der Waals surface area contributed by atoms with Gasteiger partial charge in [-0.1, -0.05) is 30.3 Å². The molecule has 5 amide bonds. The van der Waals surface area contributed by atoms with E-state index < -0.39 is 83.6 Å². The summed E-state index contributed by atoms with van der Waals surface area (Å²) in [5.74, 6) is -6.38. The maximum absolute atomic E-state index is 15.4. The first kappa shape index (κ1) is 32.0. The fourth-order valence-corrected chi connectivity index (χ4v) is 7.38. The van der Waals surface area contributed by atoms with Gasteiger partial charge in [-0.25, -0.2) is 27.5 Å². The van der Waals surface area contributed by atoms with Crippen molar-refractivity contribution in [3.8, 4) is 11.1 Å². The third-order valence-corrected chi connectivity index (χ3v) is 10.0. The van der Waals surface area contributed by atoms with Crippen LogP contribution in [0.4, 0.5) is 22.8 Å². The molecule has 6 rings (SSSR count). The zero-order valence-corrected chi connectivity index (χ0v) is 25.5. The van der Waals surface area contributed by atoms with Crippen LogP contribution in [-0.4, -0.2) is 92.9 Å². The van der Waals surface area contributed by atoms with Crippen molar-refractivity contribution in [3.05, 3.63) is 77.4 Å². The summed E-state index contributed by atoms with van der Waals surface area (Å²) >= 11 is 0. The summed E-state index contributed by atoms with van der Waals surface area (Å²) in [5, 5.41) is 15.7. The monoisotopic (exact) mass is 675 g/mol. The normalized spacial score (nSPS) is 22.0. The van der Waals surface area contributed by atoms with Gasteiger partial charge in [-0.3, -0.25) is 19.2 Å². The number of carbonyl (C=O) groups excluding carboxylic acids is 3. The molecule has 3 aromatic rings. The van der Waals surface area contributed by atoms with Crippen LogP contribution >= 0.6 is 0 Å². The van der Waals surface area contributed by atoms with Gasteiger partial charge in [0.2, 0.25) is 5.91 Å². The minimum atomic E-state index is -4.92. The largest absolute Gasteiger partial charge is 0.464 e. The smallest absolute Gasteiger partial charge is 0.419 e. The number of hydrogen-bond donors (Lipinski definition) is 3. The predicted octanol–water partition coefficient (Wildman–Crippen LogP) is 1.78. The van der Waals surface area contributed by atoms with Gasteiger partial charge in [0.25, 0.3) is 11.8 Å². The number of benzene rings is 2. The van der Waals surface area contributed by atoms with Gasteiger partial charge in [-0.05, 0) is 47.2 Å². The molecular formula is C29H28F3N7O7S. The second-order valence-electron chi connectivity index (χ2n) is 11.6. The van der Waals surface area contributed by atoms with E-state index in [0.29, 0.717) is 21.8 Å². The number of amides is 5. The van der Waals surface area contributed by atoms with Crippen LogP contribution in [0.1, 0.15) is 23.1 Å². The van der Waals surface area contributed by atoms with Gasteiger partial charge in [-0.2, -0.15) is 17.8 Å². The summed E-state index contributed by atoms with van der Waals surface area (Å²) in [6.45, 7) is -3.96. The number of halogens is 3. The molecule has 248 valence electrons. The minimum Gasteiger partial charge on any atom is -0.464 e. The Morgan fingerprint density at radius 3 is 2.53 bits per heavy atom. The molecule has 47 heavy (non-hydrogen) atoms. The van der Waals surface area contributed by atoms with E-state index in [9.17, 15) is 32.0 Å². The summed E-state index contributed by atoms with van der Waals surface area (Å²) in [6, 6.07) is 6.90. The first-order chi connectivity index (χ1) is 22.1. The van der Waals surface area contributed by atoms with Gasteiger partial charge in [-0.15, -0.1) is 0 Å². The van der Waals surface area contributed by atoms with E-state index >= 15 is 8.78 Å². The molecule has 0 bridgehead atoms. The molecule has 2 aliphatic heterocycles. The zero-order chi connectivity index (χ0) is 33.9. The zero-order valence-electron chi connectivity index (χ0n) is 24.7. The second kappa shape index (κ2) is 11.4. The molecule has 18 heteroatoms. The molecule has 2 fully saturated rings. The summed E-state index contributed by atoms with van der Waals surface area (Å²) in [7, 11) is -3.15. The fraction of sp³-hybridized carbons (Fsp3) is 0.345. The standard InChI is InChI=1S/C29H28F3N7O7S/c1-36-13-20(11-33-36)18-4-7-22-19(10-18)8-9-28(22)25(41)39(26(42)34-28)15-24(40)38(12-17-2-5-21(30)6-3-17)23-14-37(16-29(23,31)32)47(45,46)35-27(43)44/h2-7,10-11,13,23,35H,8-9,12,14-16H2,1H3,(H,34,42)(H,43,44)/t23?,28-/m0/s1. The van der Waals surface area contributed by atoms with Crippen molar-refractivity contribution in [2.75, 3.05) is 19.6 Å². The van der Waals surface area contributed by atoms with Crippen LogP contribution < -0.4 is 10.0 Å². The molecule has 3 N–H and O–H groups in total. The summed E-state index contributed by atoms with van der Waals surface area (Å²) < 4.78 is 72.3. The Morgan fingerprint density at radius 1 is 1.15 bits per heavy atom. The van der Waals surface area contributed by atoms with Crippen LogP contribution in [0.2, 0.25) is 0 Å². The first-order valence-corrected chi connectivity index (χ1v) is 15.7. The number of urea groups is 1. The van der Waals surface area contributed by atoms with Crippen LogP contribution in [0, 0.1) is 5.82 Å². The second-order valence-corrected chi connectivity index (χ2v) is 13.3. The number of aryl methyl sites for hydroxylation is 2. The Bertz CT molecular complexity index is 1900. The first-order valence-electron chi connectivity index (χ1n) is 14.3. The van der Waals surface area contributed by atoms with Crippen molar-refractivity contribution in [2.24, 2.45) is 7.05 Å².